The zero-order chi connectivity index (χ0) is 2.71. The van der Waals surface area contributed by atoms with Crippen LogP contribution in [0.2, 0.25) is 0 Å². The molecule has 0 saturated heterocycles. The third-order valence-electron chi connectivity index (χ3n) is 0. The monoisotopic (exact) mass is 94.0 g/mol. The summed E-state index contributed by atoms with van der Waals surface area (Å²) in [6, 6.07) is 0. The van der Waals surface area contributed by atoms with Crippen LogP contribution in [0.4, 0.5) is 0 Å². The minimum atomic E-state index is 0. The first-order chi connectivity index (χ1) is 1.41. The third kappa shape index (κ3) is 32.5. The van der Waals surface area contributed by atoms with E-state index in [1.165, 1.54) is 5.62 Å². The quantitative estimate of drug-likeness (QED) is 0.415. The van der Waals surface area contributed by atoms with Gasteiger partial charge in [-0.2, -0.15) is 0 Å². The highest BCUT2D eigenvalue weighted by Crippen LogP contribution is 1.39. The second kappa shape index (κ2) is 10.1. The van der Waals surface area contributed by atoms with Gasteiger partial charge in [-0.1, -0.05) is 12.6 Å². The highest BCUT2D eigenvalue weighted by Gasteiger charge is 1.30. The standard InChI is InChI=1S/CHOS.HS/c2-1-3;/h(H,2,3);1H. The molecule has 0 atom stereocenters. The Kier molecular flexibility index (Phi) is 22.3. The summed E-state index contributed by atoms with van der Waals surface area (Å²) in [4.78, 5) is 8.54. The molecular weight excluding hydrogens is 92.1 g/mol. The molecule has 0 aromatic heterocycles. The molecule has 0 aromatic rings. The van der Waals surface area contributed by atoms with Crippen molar-refractivity contribution in [3.05, 3.63) is 0 Å². The van der Waals surface area contributed by atoms with Gasteiger partial charge >= 0.3 is 0 Å². The first-order valence-corrected chi connectivity index (χ1v) is 0.875. The predicted octanol–water partition coefficient (Wildman–Crippen LogP) is 0.364. The minimum absolute atomic E-state index is 0. The Morgan fingerprint density at radius 1 is 1.75 bits per heavy atom. The largest absolute Gasteiger partial charge is 0.277 e. The van der Waals surface area contributed by atoms with E-state index in [9.17, 15) is 0 Å². The lowest BCUT2D eigenvalue weighted by Gasteiger charge is -1.19. The molecule has 0 aromatic carbocycles. The van der Waals surface area contributed by atoms with Gasteiger partial charge in [0.1, 0.15) is 0 Å². The van der Waals surface area contributed by atoms with Gasteiger partial charge in [-0.05, 0) is 0 Å². The van der Waals surface area contributed by atoms with Gasteiger partial charge in [0, 0.05) is 0 Å². The number of carbonyl (C=O) groups excluding carboxylic acids is 1. The lowest BCUT2D eigenvalue weighted by molar-refractivity contribution is 0.570. The molecule has 0 aliphatic heterocycles. The molecule has 0 unspecified atom stereocenters. The SMILES string of the molecule is O=[C]S.[SH]. The molecule has 24 valence electrons. The molecule has 0 aliphatic carbocycles. The van der Waals surface area contributed by atoms with Crippen LogP contribution in [0.25, 0.3) is 0 Å². The average molecular weight is 94.2 g/mol. The normalized spacial score (nSPS) is 3.25. The molecule has 0 rings (SSSR count). The lowest BCUT2D eigenvalue weighted by Crippen LogP contribution is -1.25. The molecule has 0 spiro atoms. The molecule has 0 aliphatic rings. The smallest absolute Gasteiger partial charge is 0.262 e. The van der Waals surface area contributed by atoms with Crippen LogP contribution in [0.5, 0.6) is 0 Å². The number of hydrogen-bond acceptors (Lipinski definition) is 1. The Labute approximate surface area is 37.2 Å². The summed E-state index contributed by atoms with van der Waals surface area (Å²) < 4.78 is 0. The van der Waals surface area contributed by atoms with E-state index in [4.69, 9.17) is 4.79 Å². The summed E-state index contributed by atoms with van der Waals surface area (Å²) in [5.74, 6) is 0. The van der Waals surface area contributed by atoms with Gasteiger partial charge in [-0.15, -0.1) is 13.5 Å². The highest BCUT2D eigenvalue weighted by molar-refractivity contribution is 7.94. The van der Waals surface area contributed by atoms with Crippen molar-refractivity contribution in [2.75, 3.05) is 0 Å². The zero-order valence-electron chi connectivity index (χ0n) is 1.80. The van der Waals surface area contributed by atoms with Crippen molar-refractivity contribution in [3.63, 3.8) is 0 Å². The zero-order valence-corrected chi connectivity index (χ0v) is 3.59. The maximum absolute atomic E-state index is 8.54. The molecule has 0 N–H and O–H groups in total. The Hall–Kier alpha value is 0.370. The fourth-order valence-electron chi connectivity index (χ4n) is 0. The molecule has 0 heterocycles. The van der Waals surface area contributed by atoms with E-state index < -0.39 is 0 Å². The fraction of sp³-hybridized carbons (Fsp3) is 0. The predicted molar refractivity (Wildman–Crippen MR) is 23.7 cm³/mol. The summed E-state index contributed by atoms with van der Waals surface area (Å²) in [6.45, 7) is 0. The van der Waals surface area contributed by atoms with E-state index in [1.807, 2.05) is 0 Å². The van der Waals surface area contributed by atoms with Gasteiger partial charge in [0.15, 0.2) is 0 Å². The first-order valence-electron chi connectivity index (χ1n) is 0.428. The van der Waals surface area contributed by atoms with E-state index in [1.54, 1.807) is 0 Å². The molecule has 3 heteroatoms. The molecule has 0 fully saturated rings. The Balaban J connectivity index is 0. The summed E-state index contributed by atoms with van der Waals surface area (Å²) in [5, 5.41) is 0. The van der Waals surface area contributed by atoms with E-state index in [0.29, 0.717) is 0 Å². The van der Waals surface area contributed by atoms with Gasteiger partial charge in [0.25, 0.3) is 5.62 Å². The Morgan fingerprint density at radius 3 is 1.75 bits per heavy atom. The Morgan fingerprint density at radius 2 is 1.75 bits per heavy atom. The Bertz CT molecular complexity index is 13.5. The molecule has 2 radical (unpaired) electrons. The van der Waals surface area contributed by atoms with Crippen molar-refractivity contribution in [2.24, 2.45) is 0 Å². The van der Waals surface area contributed by atoms with Crippen molar-refractivity contribution < 1.29 is 4.79 Å². The van der Waals surface area contributed by atoms with Gasteiger partial charge < -0.3 is 0 Å². The number of rotatable bonds is 0. The van der Waals surface area contributed by atoms with Crippen molar-refractivity contribution in [1.29, 1.82) is 0 Å². The van der Waals surface area contributed by atoms with Gasteiger partial charge in [-0.3, -0.25) is 4.79 Å². The molecular formula is CH2OS2. The van der Waals surface area contributed by atoms with Crippen LogP contribution in [-0.4, -0.2) is 5.62 Å². The van der Waals surface area contributed by atoms with E-state index in [-0.39, 0.29) is 13.5 Å². The summed E-state index contributed by atoms with van der Waals surface area (Å²) >= 11 is 2.98. The van der Waals surface area contributed by atoms with E-state index in [0.717, 1.165) is 0 Å². The van der Waals surface area contributed by atoms with Crippen LogP contribution in [0.15, 0.2) is 0 Å². The van der Waals surface area contributed by atoms with Crippen LogP contribution in [0.3, 0.4) is 0 Å². The minimum Gasteiger partial charge on any atom is -0.277 e. The van der Waals surface area contributed by atoms with Crippen molar-refractivity contribution in [1.82, 2.24) is 0 Å². The first kappa shape index (κ1) is 8.84. The van der Waals surface area contributed by atoms with Crippen molar-refractivity contribution in [2.45, 2.75) is 0 Å². The molecule has 0 saturated carbocycles. The van der Waals surface area contributed by atoms with Gasteiger partial charge in [0.2, 0.25) is 0 Å². The topological polar surface area (TPSA) is 17.1 Å². The van der Waals surface area contributed by atoms with Crippen LogP contribution in [0.1, 0.15) is 0 Å². The number of thiol groups is 2. The third-order valence-corrected chi connectivity index (χ3v) is 0. The highest BCUT2D eigenvalue weighted by atomic mass is 32.1. The second-order valence-corrected chi connectivity index (χ2v) is 0.274. The number of hydrogen-bond donors (Lipinski definition) is 2. The van der Waals surface area contributed by atoms with E-state index >= 15 is 0 Å². The van der Waals surface area contributed by atoms with Gasteiger partial charge in [-0.25, -0.2) is 0 Å². The van der Waals surface area contributed by atoms with Crippen LogP contribution >= 0.6 is 26.1 Å². The average Bonchev–Trinajstić information content (AvgIpc) is 0.918. The molecule has 0 bridgehead atoms. The second-order valence-electron chi connectivity index (χ2n) is 0.0913. The summed E-state index contributed by atoms with van der Waals surface area (Å²) in [6.07, 6.45) is 0. The van der Waals surface area contributed by atoms with Crippen LogP contribution in [-0.2, 0) is 4.79 Å². The summed E-state index contributed by atoms with van der Waals surface area (Å²) in [7, 11) is 0. The van der Waals surface area contributed by atoms with Gasteiger partial charge in [0.05, 0.1) is 0 Å². The molecule has 0 amide bonds. The molecule has 1 nitrogen and oxygen atoms in total. The van der Waals surface area contributed by atoms with Crippen molar-refractivity contribution in [3.8, 4) is 0 Å². The fourth-order valence-corrected chi connectivity index (χ4v) is 0. The van der Waals surface area contributed by atoms with Crippen LogP contribution in [0, 0.1) is 0 Å². The van der Waals surface area contributed by atoms with Crippen molar-refractivity contribution >= 4 is 31.7 Å². The summed E-state index contributed by atoms with van der Waals surface area (Å²) in [5.41, 5.74) is 1.19. The van der Waals surface area contributed by atoms with Crippen LogP contribution < -0.4 is 0 Å². The lowest BCUT2D eigenvalue weighted by atomic mass is 11.8. The maximum Gasteiger partial charge on any atom is 0.262 e. The molecule has 4 heavy (non-hydrogen) atoms. The maximum atomic E-state index is 8.54. The van der Waals surface area contributed by atoms with E-state index in [2.05, 4.69) is 12.6 Å².